The molecule has 1 N–H and O–H groups in total. The van der Waals surface area contributed by atoms with E-state index >= 15 is 0 Å². The van der Waals surface area contributed by atoms with Crippen LogP contribution in [0, 0.1) is 13.8 Å². The second-order valence-corrected chi connectivity index (χ2v) is 6.11. The topological polar surface area (TPSA) is 73.2 Å². The SMILES string of the molecule is Cc1nn(C)c(C)c1NC(=O)COC(=O)c1ccc(Cl)s1. The fraction of sp³-hybridized carbons (Fsp3) is 0.308. The second-order valence-electron chi connectivity index (χ2n) is 4.40. The number of amides is 1. The number of nitrogens with zero attached hydrogens (tertiary/aromatic N) is 2. The van der Waals surface area contributed by atoms with E-state index in [1.54, 1.807) is 30.8 Å². The maximum atomic E-state index is 11.8. The molecule has 0 aliphatic rings. The Hall–Kier alpha value is -1.86. The quantitative estimate of drug-likeness (QED) is 0.876. The van der Waals surface area contributed by atoms with Crippen molar-refractivity contribution < 1.29 is 14.3 Å². The Morgan fingerprint density at radius 2 is 2.14 bits per heavy atom. The lowest BCUT2D eigenvalue weighted by atomic mass is 10.3. The summed E-state index contributed by atoms with van der Waals surface area (Å²) in [6.07, 6.45) is 0. The van der Waals surface area contributed by atoms with Gasteiger partial charge in [0.2, 0.25) is 0 Å². The molecule has 0 aliphatic carbocycles. The molecule has 2 rings (SSSR count). The second kappa shape index (κ2) is 6.28. The largest absolute Gasteiger partial charge is 0.451 e. The van der Waals surface area contributed by atoms with Crippen molar-refractivity contribution in [2.45, 2.75) is 13.8 Å². The first kappa shape index (κ1) is 15.5. The molecule has 0 radical (unpaired) electrons. The summed E-state index contributed by atoms with van der Waals surface area (Å²) in [5, 5.41) is 6.88. The molecular weight excluding hydrogens is 314 g/mol. The van der Waals surface area contributed by atoms with Gasteiger partial charge in [-0.25, -0.2) is 4.79 Å². The van der Waals surface area contributed by atoms with Crippen molar-refractivity contribution in [1.82, 2.24) is 9.78 Å². The molecule has 0 saturated carbocycles. The van der Waals surface area contributed by atoms with Gasteiger partial charge in [-0.15, -0.1) is 11.3 Å². The van der Waals surface area contributed by atoms with Crippen LogP contribution in [0.3, 0.4) is 0 Å². The van der Waals surface area contributed by atoms with E-state index in [4.69, 9.17) is 16.3 Å². The third-order valence-corrected chi connectivity index (χ3v) is 4.09. The summed E-state index contributed by atoms with van der Waals surface area (Å²) in [5.74, 6) is -0.980. The van der Waals surface area contributed by atoms with Gasteiger partial charge in [0, 0.05) is 7.05 Å². The molecule has 0 atom stereocenters. The predicted molar refractivity (Wildman–Crippen MR) is 80.9 cm³/mol. The molecule has 112 valence electrons. The van der Waals surface area contributed by atoms with Crippen LogP contribution in [-0.4, -0.2) is 28.3 Å². The van der Waals surface area contributed by atoms with Crippen molar-refractivity contribution in [3.8, 4) is 0 Å². The van der Waals surface area contributed by atoms with Crippen molar-refractivity contribution >= 4 is 40.5 Å². The van der Waals surface area contributed by atoms with Gasteiger partial charge in [-0.1, -0.05) is 11.6 Å². The number of anilines is 1. The number of nitrogens with one attached hydrogen (secondary N) is 1. The van der Waals surface area contributed by atoms with Crippen LogP contribution in [0.1, 0.15) is 21.1 Å². The zero-order chi connectivity index (χ0) is 15.6. The number of hydrogen-bond acceptors (Lipinski definition) is 5. The van der Waals surface area contributed by atoms with E-state index in [1.807, 2.05) is 6.92 Å². The summed E-state index contributed by atoms with van der Waals surface area (Å²) < 4.78 is 7.10. The number of aryl methyl sites for hydroxylation is 2. The van der Waals surface area contributed by atoms with E-state index in [1.165, 1.54) is 0 Å². The third-order valence-electron chi connectivity index (χ3n) is 2.88. The molecule has 0 aliphatic heterocycles. The Bertz CT molecular complexity index is 693. The summed E-state index contributed by atoms with van der Waals surface area (Å²) >= 11 is 6.84. The van der Waals surface area contributed by atoms with Crippen molar-refractivity contribution in [1.29, 1.82) is 0 Å². The Balaban J connectivity index is 1.92. The van der Waals surface area contributed by atoms with Crippen LogP contribution in [0.5, 0.6) is 0 Å². The number of thiophene rings is 1. The normalized spacial score (nSPS) is 10.5. The van der Waals surface area contributed by atoms with Gasteiger partial charge in [-0.2, -0.15) is 5.10 Å². The van der Waals surface area contributed by atoms with Crippen LogP contribution >= 0.6 is 22.9 Å². The molecular formula is C13H14ClN3O3S. The number of aromatic nitrogens is 2. The number of rotatable bonds is 4. The molecule has 1 amide bonds. The number of ether oxygens (including phenoxy) is 1. The van der Waals surface area contributed by atoms with Crippen molar-refractivity contribution in [2.24, 2.45) is 7.05 Å². The first-order valence-electron chi connectivity index (χ1n) is 6.11. The molecule has 0 saturated heterocycles. The molecule has 0 fully saturated rings. The molecule has 0 unspecified atom stereocenters. The fourth-order valence-electron chi connectivity index (χ4n) is 1.76. The molecule has 2 aromatic heterocycles. The minimum absolute atomic E-state index is 0.359. The Morgan fingerprint density at radius 3 is 2.67 bits per heavy atom. The van der Waals surface area contributed by atoms with Crippen molar-refractivity contribution in [3.05, 3.63) is 32.7 Å². The van der Waals surface area contributed by atoms with Crippen LogP contribution < -0.4 is 5.32 Å². The Morgan fingerprint density at radius 1 is 1.43 bits per heavy atom. The summed E-state index contributed by atoms with van der Waals surface area (Å²) in [7, 11) is 1.79. The lowest BCUT2D eigenvalue weighted by molar-refractivity contribution is -0.119. The van der Waals surface area contributed by atoms with Gasteiger partial charge in [0.05, 0.1) is 21.4 Å². The standard InChI is InChI=1S/C13H14ClN3O3S/c1-7-12(8(2)17(3)16-7)15-11(18)6-20-13(19)9-4-5-10(14)21-9/h4-5H,6H2,1-3H3,(H,15,18). The van der Waals surface area contributed by atoms with Crippen LogP contribution in [0.15, 0.2) is 12.1 Å². The summed E-state index contributed by atoms with van der Waals surface area (Å²) in [5.41, 5.74) is 2.18. The number of halogens is 1. The third kappa shape index (κ3) is 3.62. The lowest BCUT2D eigenvalue weighted by Gasteiger charge is -2.06. The Labute approximate surface area is 130 Å². The summed E-state index contributed by atoms with van der Waals surface area (Å²) in [6, 6.07) is 3.16. The van der Waals surface area contributed by atoms with E-state index in [0.29, 0.717) is 20.6 Å². The smallest absolute Gasteiger partial charge is 0.348 e. The average Bonchev–Trinajstić information content (AvgIpc) is 2.96. The van der Waals surface area contributed by atoms with E-state index in [-0.39, 0.29) is 6.61 Å². The van der Waals surface area contributed by atoms with Gasteiger partial charge in [0.15, 0.2) is 6.61 Å². The molecule has 2 heterocycles. The maximum Gasteiger partial charge on any atom is 0.348 e. The highest BCUT2D eigenvalue weighted by Gasteiger charge is 2.15. The molecule has 21 heavy (non-hydrogen) atoms. The molecule has 8 heteroatoms. The van der Waals surface area contributed by atoms with Crippen LogP contribution in [0.2, 0.25) is 4.34 Å². The minimum atomic E-state index is -0.568. The van der Waals surface area contributed by atoms with Gasteiger partial charge in [-0.3, -0.25) is 9.48 Å². The number of carbonyl (C=O) groups excluding carboxylic acids is 2. The zero-order valence-corrected chi connectivity index (χ0v) is 13.3. The van der Waals surface area contributed by atoms with Crippen molar-refractivity contribution in [3.63, 3.8) is 0 Å². The lowest BCUT2D eigenvalue weighted by Crippen LogP contribution is -2.21. The Kier molecular flexibility index (Phi) is 4.64. The van der Waals surface area contributed by atoms with E-state index in [2.05, 4.69) is 10.4 Å². The highest BCUT2D eigenvalue weighted by atomic mass is 35.5. The molecule has 0 aromatic carbocycles. The highest BCUT2D eigenvalue weighted by Crippen LogP contribution is 2.22. The highest BCUT2D eigenvalue weighted by molar-refractivity contribution is 7.17. The number of esters is 1. The van der Waals surface area contributed by atoms with Gasteiger partial charge in [-0.05, 0) is 26.0 Å². The van der Waals surface area contributed by atoms with Crippen LogP contribution in [0.4, 0.5) is 5.69 Å². The van der Waals surface area contributed by atoms with E-state index in [9.17, 15) is 9.59 Å². The molecule has 6 nitrogen and oxygen atoms in total. The molecule has 0 spiro atoms. The minimum Gasteiger partial charge on any atom is -0.451 e. The summed E-state index contributed by atoms with van der Waals surface area (Å²) in [6.45, 7) is 3.28. The zero-order valence-electron chi connectivity index (χ0n) is 11.8. The monoisotopic (exact) mass is 327 g/mol. The van der Waals surface area contributed by atoms with Crippen molar-refractivity contribution in [2.75, 3.05) is 11.9 Å². The van der Waals surface area contributed by atoms with Crippen LogP contribution in [0.25, 0.3) is 0 Å². The first-order valence-corrected chi connectivity index (χ1v) is 7.30. The molecule has 2 aromatic rings. The average molecular weight is 328 g/mol. The molecule has 0 bridgehead atoms. The fourth-order valence-corrected chi connectivity index (χ4v) is 2.69. The maximum absolute atomic E-state index is 11.8. The van der Waals surface area contributed by atoms with E-state index < -0.39 is 11.9 Å². The van der Waals surface area contributed by atoms with Gasteiger partial charge in [0.25, 0.3) is 5.91 Å². The van der Waals surface area contributed by atoms with Gasteiger partial charge >= 0.3 is 5.97 Å². The van der Waals surface area contributed by atoms with Crippen LogP contribution in [-0.2, 0) is 16.6 Å². The van der Waals surface area contributed by atoms with Gasteiger partial charge in [0.1, 0.15) is 4.88 Å². The first-order chi connectivity index (χ1) is 9.88. The number of hydrogen-bond donors (Lipinski definition) is 1. The summed E-state index contributed by atoms with van der Waals surface area (Å²) in [4.78, 5) is 23.9. The number of carbonyl (C=O) groups is 2. The van der Waals surface area contributed by atoms with E-state index in [0.717, 1.165) is 17.0 Å². The van der Waals surface area contributed by atoms with Gasteiger partial charge < -0.3 is 10.1 Å². The predicted octanol–water partition coefficient (Wildman–Crippen LogP) is 2.55.